The Morgan fingerprint density at radius 2 is 1.86 bits per heavy atom. The summed E-state index contributed by atoms with van der Waals surface area (Å²) in [5.74, 6) is -0.163. The summed E-state index contributed by atoms with van der Waals surface area (Å²) in [5, 5.41) is 2.92. The second-order valence-electron chi connectivity index (χ2n) is 5.85. The Morgan fingerprint density at radius 3 is 2.59 bits per heavy atom. The fourth-order valence-electron chi connectivity index (χ4n) is 2.73. The minimum Gasteiger partial charge on any atom is -0.371 e. The Morgan fingerprint density at radius 1 is 1.09 bits per heavy atom. The number of nitrogens with one attached hydrogen (secondary N) is 1. The van der Waals surface area contributed by atoms with Crippen molar-refractivity contribution >= 4 is 17.3 Å². The lowest BCUT2D eigenvalue weighted by molar-refractivity contribution is 0.102. The first kappa shape index (κ1) is 14.6. The third kappa shape index (κ3) is 3.11. The number of pyridine rings is 1. The van der Waals surface area contributed by atoms with E-state index in [0.29, 0.717) is 5.69 Å². The van der Waals surface area contributed by atoms with E-state index in [2.05, 4.69) is 22.1 Å². The number of amides is 1. The molecule has 4 heteroatoms. The van der Waals surface area contributed by atoms with Gasteiger partial charge in [0, 0.05) is 30.7 Å². The summed E-state index contributed by atoms with van der Waals surface area (Å²) in [6.07, 6.45) is 4.14. The van der Waals surface area contributed by atoms with Crippen molar-refractivity contribution in [3.63, 3.8) is 0 Å². The third-order valence-electron chi connectivity index (χ3n) is 4.21. The summed E-state index contributed by atoms with van der Waals surface area (Å²) in [4.78, 5) is 18.9. The summed E-state index contributed by atoms with van der Waals surface area (Å²) in [5.41, 5.74) is 4.73. The monoisotopic (exact) mass is 295 g/mol. The van der Waals surface area contributed by atoms with Crippen LogP contribution in [0.1, 0.15) is 34.5 Å². The van der Waals surface area contributed by atoms with Gasteiger partial charge in [0.05, 0.1) is 0 Å². The maximum Gasteiger partial charge on any atom is 0.274 e. The van der Waals surface area contributed by atoms with Crippen LogP contribution in [0.15, 0.2) is 36.5 Å². The van der Waals surface area contributed by atoms with E-state index in [0.717, 1.165) is 30.0 Å². The van der Waals surface area contributed by atoms with E-state index in [9.17, 15) is 4.79 Å². The van der Waals surface area contributed by atoms with Crippen LogP contribution in [0.25, 0.3) is 0 Å². The molecule has 1 aromatic heterocycles. The van der Waals surface area contributed by atoms with Crippen molar-refractivity contribution in [3.8, 4) is 0 Å². The second-order valence-corrected chi connectivity index (χ2v) is 5.85. The molecule has 0 unspecified atom stereocenters. The van der Waals surface area contributed by atoms with Crippen LogP contribution in [0.3, 0.4) is 0 Å². The van der Waals surface area contributed by atoms with Crippen molar-refractivity contribution < 1.29 is 4.79 Å². The number of aryl methyl sites for hydroxylation is 2. The molecule has 22 heavy (non-hydrogen) atoms. The van der Waals surface area contributed by atoms with Gasteiger partial charge in [0.1, 0.15) is 5.69 Å². The zero-order chi connectivity index (χ0) is 15.5. The van der Waals surface area contributed by atoms with Gasteiger partial charge in [0.2, 0.25) is 0 Å². The van der Waals surface area contributed by atoms with Crippen molar-refractivity contribution in [1.29, 1.82) is 0 Å². The molecule has 0 radical (unpaired) electrons. The van der Waals surface area contributed by atoms with Crippen molar-refractivity contribution in [1.82, 2.24) is 4.98 Å². The van der Waals surface area contributed by atoms with E-state index < -0.39 is 0 Å². The number of hydrogen-bond acceptors (Lipinski definition) is 3. The molecule has 1 saturated heterocycles. The lowest BCUT2D eigenvalue weighted by atomic mass is 10.1. The number of rotatable bonds is 3. The quantitative estimate of drug-likeness (QED) is 0.942. The molecule has 0 spiro atoms. The summed E-state index contributed by atoms with van der Waals surface area (Å²) in [6, 6.07) is 9.76. The molecule has 0 saturated carbocycles. The van der Waals surface area contributed by atoms with Crippen molar-refractivity contribution in [2.24, 2.45) is 0 Å². The molecule has 0 atom stereocenters. The highest BCUT2D eigenvalue weighted by Gasteiger charge is 2.15. The van der Waals surface area contributed by atoms with Crippen LogP contribution in [0.2, 0.25) is 0 Å². The Hall–Kier alpha value is -2.36. The number of hydrogen-bond donors (Lipinski definition) is 1. The average molecular weight is 295 g/mol. The fourth-order valence-corrected chi connectivity index (χ4v) is 2.73. The highest BCUT2D eigenvalue weighted by molar-refractivity contribution is 6.03. The summed E-state index contributed by atoms with van der Waals surface area (Å²) >= 11 is 0. The second kappa shape index (κ2) is 6.18. The van der Waals surface area contributed by atoms with Gasteiger partial charge in [-0.3, -0.25) is 9.78 Å². The van der Waals surface area contributed by atoms with Crippen molar-refractivity contribution in [2.75, 3.05) is 23.3 Å². The van der Waals surface area contributed by atoms with Crippen LogP contribution in [0.4, 0.5) is 11.4 Å². The van der Waals surface area contributed by atoms with Gasteiger partial charge in [-0.15, -0.1) is 0 Å². The highest BCUT2D eigenvalue weighted by atomic mass is 16.1. The molecule has 1 fully saturated rings. The van der Waals surface area contributed by atoms with E-state index >= 15 is 0 Å². The highest BCUT2D eigenvalue weighted by Crippen LogP contribution is 2.21. The SMILES string of the molecule is Cc1ccc(NC(=O)c2cc(N3CCCC3)ccn2)cc1C. The van der Waals surface area contributed by atoms with E-state index in [1.165, 1.54) is 18.4 Å². The molecule has 1 aliphatic heterocycles. The smallest absolute Gasteiger partial charge is 0.274 e. The van der Waals surface area contributed by atoms with Crippen LogP contribution in [0.5, 0.6) is 0 Å². The van der Waals surface area contributed by atoms with Crippen molar-refractivity contribution in [2.45, 2.75) is 26.7 Å². The lowest BCUT2D eigenvalue weighted by Crippen LogP contribution is -2.19. The maximum atomic E-state index is 12.4. The average Bonchev–Trinajstić information content (AvgIpc) is 3.05. The van der Waals surface area contributed by atoms with Crippen molar-refractivity contribution in [3.05, 3.63) is 53.3 Å². The zero-order valence-electron chi connectivity index (χ0n) is 13.1. The first-order valence-electron chi connectivity index (χ1n) is 7.73. The van der Waals surface area contributed by atoms with E-state index in [-0.39, 0.29) is 5.91 Å². The molecule has 1 N–H and O–H groups in total. The Balaban J connectivity index is 1.76. The van der Waals surface area contributed by atoms with Gasteiger partial charge in [-0.1, -0.05) is 6.07 Å². The predicted octanol–water partition coefficient (Wildman–Crippen LogP) is 3.55. The number of anilines is 2. The zero-order valence-corrected chi connectivity index (χ0v) is 13.1. The molecule has 114 valence electrons. The molecular weight excluding hydrogens is 274 g/mol. The number of nitrogens with zero attached hydrogens (tertiary/aromatic N) is 2. The molecule has 3 rings (SSSR count). The summed E-state index contributed by atoms with van der Waals surface area (Å²) in [7, 11) is 0. The van der Waals surface area contributed by atoms with Gasteiger partial charge < -0.3 is 10.2 Å². The third-order valence-corrected chi connectivity index (χ3v) is 4.21. The van der Waals surface area contributed by atoms with Gasteiger partial charge >= 0.3 is 0 Å². The van der Waals surface area contributed by atoms with Gasteiger partial charge in [0.15, 0.2) is 0 Å². The summed E-state index contributed by atoms with van der Waals surface area (Å²) in [6.45, 7) is 6.21. The van der Waals surface area contributed by atoms with E-state index in [1.807, 2.05) is 37.3 Å². The molecule has 1 amide bonds. The van der Waals surface area contributed by atoms with Gasteiger partial charge in [0.25, 0.3) is 5.91 Å². The Labute approximate surface area is 131 Å². The fraction of sp³-hybridized carbons (Fsp3) is 0.333. The summed E-state index contributed by atoms with van der Waals surface area (Å²) < 4.78 is 0. The maximum absolute atomic E-state index is 12.4. The van der Waals surface area contributed by atoms with Crippen LogP contribution in [-0.4, -0.2) is 24.0 Å². The molecule has 0 aliphatic carbocycles. The predicted molar refractivity (Wildman–Crippen MR) is 89.6 cm³/mol. The molecule has 1 aromatic carbocycles. The number of benzene rings is 1. The molecule has 1 aliphatic rings. The first-order valence-corrected chi connectivity index (χ1v) is 7.73. The van der Waals surface area contributed by atoms with Crippen LogP contribution in [-0.2, 0) is 0 Å². The van der Waals surface area contributed by atoms with Gasteiger partial charge in [-0.05, 0) is 62.1 Å². The van der Waals surface area contributed by atoms with Crippen LogP contribution >= 0.6 is 0 Å². The molecule has 2 aromatic rings. The number of carbonyl (C=O) groups excluding carboxylic acids is 1. The molecular formula is C18H21N3O. The largest absolute Gasteiger partial charge is 0.371 e. The topological polar surface area (TPSA) is 45.2 Å². The van der Waals surface area contributed by atoms with E-state index in [4.69, 9.17) is 0 Å². The molecule has 0 bridgehead atoms. The normalized spacial score (nSPS) is 14.2. The Bertz CT molecular complexity index is 690. The minimum absolute atomic E-state index is 0.163. The first-order chi connectivity index (χ1) is 10.6. The Kier molecular flexibility index (Phi) is 4.09. The standard InChI is InChI=1S/C18H21N3O/c1-13-5-6-15(11-14(13)2)20-18(22)17-12-16(7-8-19-17)21-9-3-4-10-21/h5-8,11-12H,3-4,9-10H2,1-2H3,(H,20,22). The van der Waals surface area contributed by atoms with Gasteiger partial charge in [-0.25, -0.2) is 0 Å². The number of aromatic nitrogens is 1. The molecule has 4 nitrogen and oxygen atoms in total. The lowest BCUT2D eigenvalue weighted by Gasteiger charge is -2.17. The van der Waals surface area contributed by atoms with E-state index in [1.54, 1.807) is 6.20 Å². The van der Waals surface area contributed by atoms with Crippen LogP contribution < -0.4 is 10.2 Å². The van der Waals surface area contributed by atoms with Gasteiger partial charge in [-0.2, -0.15) is 0 Å². The molecule has 2 heterocycles. The number of carbonyl (C=O) groups is 1. The van der Waals surface area contributed by atoms with Crippen LogP contribution in [0, 0.1) is 13.8 Å². The minimum atomic E-state index is -0.163.